The van der Waals surface area contributed by atoms with E-state index in [1.807, 2.05) is 30.5 Å². The van der Waals surface area contributed by atoms with Crippen molar-refractivity contribution < 1.29 is 14.3 Å². The third-order valence-electron chi connectivity index (χ3n) is 4.39. The largest absolute Gasteiger partial charge is 0.449 e. The summed E-state index contributed by atoms with van der Waals surface area (Å²) in [5.74, 6) is -0.713. The summed E-state index contributed by atoms with van der Waals surface area (Å²) >= 11 is 1.67. The summed E-state index contributed by atoms with van der Waals surface area (Å²) in [6, 6.07) is 8.09. The fourth-order valence-corrected chi connectivity index (χ4v) is 3.30. The van der Waals surface area contributed by atoms with E-state index in [0.717, 1.165) is 31.2 Å². The number of rotatable bonds is 6. The quantitative estimate of drug-likeness (QED) is 0.357. The second kappa shape index (κ2) is 10.3. The van der Waals surface area contributed by atoms with Gasteiger partial charge < -0.3 is 10.1 Å². The molecular formula is C20H27NO3S. The molecule has 0 aromatic heterocycles. The zero-order chi connectivity index (χ0) is 18.1. The topological polar surface area (TPSA) is 55.4 Å². The lowest BCUT2D eigenvalue weighted by Crippen LogP contribution is -2.41. The molecule has 1 aliphatic rings. The molecule has 1 amide bonds. The lowest BCUT2D eigenvalue weighted by molar-refractivity contribution is -0.150. The molecule has 1 atom stereocenters. The van der Waals surface area contributed by atoms with Crippen molar-refractivity contribution in [1.29, 1.82) is 0 Å². The Balaban J connectivity index is 1.79. The first-order chi connectivity index (χ1) is 12.1. The standard InChI is InChI=1S/C20H27NO3S/c1-15(20(23)21-17-7-5-3-4-6-8-17)24-19(22)14-11-16-9-12-18(25-2)13-10-16/h9-15,17H,3-8H2,1-2H3,(H,21,23)/b14-11+/t15-/m0/s1. The number of carbonyl (C=O) groups is 2. The van der Waals surface area contributed by atoms with Gasteiger partial charge >= 0.3 is 5.97 Å². The van der Waals surface area contributed by atoms with Crippen molar-refractivity contribution in [2.24, 2.45) is 0 Å². The number of amides is 1. The molecule has 0 spiro atoms. The van der Waals surface area contributed by atoms with Gasteiger partial charge in [-0.2, -0.15) is 0 Å². The maximum absolute atomic E-state index is 12.2. The predicted octanol–water partition coefficient (Wildman–Crippen LogP) is 4.19. The molecule has 0 aliphatic heterocycles. The van der Waals surface area contributed by atoms with Crippen molar-refractivity contribution in [3.05, 3.63) is 35.9 Å². The van der Waals surface area contributed by atoms with Gasteiger partial charge in [-0.1, -0.05) is 37.8 Å². The van der Waals surface area contributed by atoms with Crippen LogP contribution in [-0.2, 0) is 14.3 Å². The molecular weight excluding hydrogens is 334 g/mol. The monoisotopic (exact) mass is 361 g/mol. The Hall–Kier alpha value is -1.75. The number of carbonyl (C=O) groups excluding carboxylic acids is 2. The highest BCUT2D eigenvalue weighted by Gasteiger charge is 2.21. The Kier molecular flexibility index (Phi) is 8.06. The molecule has 1 N–H and O–H groups in total. The highest BCUT2D eigenvalue weighted by molar-refractivity contribution is 7.98. The zero-order valence-electron chi connectivity index (χ0n) is 15.0. The van der Waals surface area contributed by atoms with Crippen LogP contribution in [0.5, 0.6) is 0 Å². The Labute approximate surface area is 154 Å². The van der Waals surface area contributed by atoms with Crippen molar-refractivity contribution in [3.8, 4) is 0 Å². The third-order valence-corrected chi connectivity index (χ3v) is 5.13. The van der Waals surface area contributed by atoms with E-state index in [9.17, 15) is 9.59 Å². The smallest absolute Gasteiger partial charge is 0.331 e. The first kappa shape index (κ1) is 19.6. The summed E-state index contributed by atoms with van der Waals surface area (Å²) in [5.41, 5.74) is 0.922. The minimum absolute atomic E-state index is 0.210. The van der Waals surface area contributed by atoms with Crippen molar-refractivity contribution in [2.75, 3.05) is 6.26 Å². The van der Waals surface area contributed by atoms with E-state index in [1.165, 1.54) is 23.8 Å². The van der Waals surface area contributed by atoms with Crippen molar-refractivity contribution >= 4 is 29.7 Å². The second-order valence-electron chi connectivity index (χ2n) is 6.38. The van der Waals surface area contributed by atoms with Crippen LogP contribution in [0.2, 0.25) is 0 Å². The molecule has 1 aromatic carbocycles. The Morgan fingerprint density at radius 2 is 1.80 bits per heavy atom. The molecule has 2 rings (SSSR count). The van der Waals surface area contributed by atoms with E-state index in [-0.39, 0.29) is 11.9 Å². The van der Waals surface area contributed by atoms with Crippen molar-refractivity contribution in [2.45, 2.75) is 62.5 Å². The van der Waals surface area contributed by atoms with Gasteiger partial charge in [-0.15, -0.1) is 11.8 Å². The van der Waals surface area contributed by atoms with Crippen LogP contribution < -0.4 is 5.32 Å². The number of esters is 1. The Bertz CT molecular complexity index is 589. The Morgan fingerprint density at radius 3 is 2.40 bits per heavy atom. The summed E-state index contributed by atoms with van der Waals surface area (Å²) < 4.78 is 5.21. The highest BCUT2D eigenvalue weighted by atomic mass is 32.2. The van der Waals surface area contributed by atoms with Crippen LogP contribution in [-0.4, -0.2) is 30.3 Å². The lowest BCUT2D eigenvalue weighted by Gasteiger charge is -2.19. The average Bonchev–Trinajstić information content (AvgIpc) is 2.89. The molecule has 136 valence electrons. The maximum atomic E-state index is 12.2. The van der Waals surface area contributed by atoms with Gasteiger partial charge in [-0.25, -0.2) is 4.79 Å². The normalized spacial score (nSPS) is 17.0. The van der Waals surface area contributed by atoms with E-state index in [4.69, 9.17) is 4.74 Å². The van der Waals surface area contributed by atoms with E-state index in [1.54, 1.807) is 24.8 Å². The van der Waals surface area contributed by atoms with Gasteiger partial charge in [0.25, 0.3) is 5.91 Å². The van der Waals surface area contributed by atoms with Gasteiger partial charge in [0, 0.05) is 17.0 Å². The summed E-state index contributed by atoms with van der Waals surface area (Å²) in [6.07, 6.45) is 11.1. The fraction of sp³-hybridized carbons (Fsp3) is 0.500. The van der Waals surface area contributed by atoms with Crippen LogP contribution in [0.3, 0.4) is 0 Å². The van der Waals surface area contributed by atoms with Crippen LogP contribution in [0.25, 0.3) is 6.08 Å². The number of hydrogen-bond donors (Lipinski definition) is 1. The molecule has 5 heteroatoms. The van der Waals surface area contributed by atoms with Gasteiger partial charge in [-0.05, 0) is 49.8 Å². The fourth-order valence-electron chi connectivity index (χ4n) is 2.89. The van der Waals surface area contributed by atoms with Crippen LogP contribution in [0.1, 0.15) is 51.0 Å². The molecule has 1 aromatic rings. The van der Waals surface area contributed by atoms with E-state index in [2.05, 4.69) is 5.32 Å². The zero-order valence-corrected chi connectivity index (χ0v) is 15.8. The van der Waals surface area contributed by atoms with Crippen LogP contribution in [0.15, 0.2) is 35.2 Å². The summed E-state index contributed by atoms with van der Waals surface area (Å²) in [7, 11) is 0. The average molecular weight is 362 g/mol. The van der Waals surface area contributed by atoms with E-state index in [0.29, 0.717) is 0 Å². The first-order valence-electron chi connectivity index (χ1n) is 8.91. The molecule has 1 fully saturated rings. The van der Waals surface area contributed by atoms with Gasteiger partial charge in [-0.3, -0.25) is 4.79 Å². The van der Waals surface area contributed by atoms with Crippen molar-refractivity contribution in [3.63, 3.8) is 0 Å². The molecule has 1 aliphatic carbocycles. The molecule has 1 saturated carbocycles. The molecule has 0 saturated heterocycles. The van der Waals surface area contributed by atoms with Gasteiger partial charge in [0.05, 0.1) is 0 Å². The highest BCUT2D eigenvalue weighted by Crippen LogP contribution is 2.17. The number of thioether (sulfide) groups is 1. The number of hydrogen-bond acceptors (Lipinski definition) is 4. The first-order valence-corrected chi connectivity index (χ1v) is 10.1. The predicted molar refractivity (Wildman–Crippen MR) is 102 cm³/mol. The summed E-state index contributed by atoms with van der Waals surface area (Å²) in [6.45, 7) is 1.62. The number of benzene rings is 1. The molecule has 0 radical (unpaired) electrons. The summed E-state index contributed by atoms with van der Waals surface area (Å²) in [5, 5.41) is 3.01. The van der Waals surface area contributed by atoms with Crippen LogP contribution in [0.4, 0.5) is 0 Å². The number of ether oxygens (including phenoxy) is 1. The van der Waals surface area contributed by atoms with Crippen molar-refractivity contribution in [1.82, 2.24) is 5.32 Å². The SMILES string of the molecule is CSc1ccc(/C=C/C(=O)O[C@@H](C)C(=O)NC2CCCCCC2)cc1. The third kappa shape index (κ3) is 6.94. The molecule has 0 bridgehead atoms. The molecule has 0 heterocycles. The molecule has 0 unspecified atom stereocenters. The Morgan fingerprint density at radius 1 is 1.16 bits per heavy atom. The van der Waals surface area contributed by atoms with Gasteiger partial charge in [0.15, 0.2) is 6.10 Å². The van der Waals surface area contributed by atoms with Crippen LogP contribution in [0, 0.1) is 0 Å². The molecule has 25 heavy (non-hydrogen) atoms. The molecule has 4 nitrogen and oxygen atoms in total. The maximum Gasteiger partial charge on any atom is 0.331 e. The van der Waals surface area contributed by atoms with Crippen LogP contribution >= 0.6 is 11.8 Å². The number of nitrogens with one attached hydrogen (secondary N) is 1. The summed E-state index contributed by atoms with van der Waals surface area (Å²) in [4.78, 5) is 25.3. The second-order valence-corrected chi connectivity index (χ2v) is 7.26. The van der Waals surface area contributed by atoms with E-state index >= 15 is 0 Å². The van der Waals surface area contributed by atoms with Gasteiger partial charge in [0.1, 0.15) is 0 Å². The minimum Gasteiger partial charge on any atom is -0.449 e. The van der Waals surface area contributed by atoms with E-state index < -0.39 is 12.1 Å². The minimum atomic E-state index is -0.778. The lowest BCUT2D eigenvalue weighted by atomic mass is 10.1. The van der Waals surface area contributed by atoms with Gasteiger partial charge in [0.2, 0.25) is 0 Å².